The zero-order valence-corrected chi connectivity index (χ0v) is 18.9. The van der Waals surface area contributed by atoms with E-state index in [4.69, 9.17) is 34.8 Å². The van der Waals surface area contributed by atoms with Crippen molar-refractivity contribution in [1.29, 1.82) is 0 Å². The molecule has 0 aliphatic carbocycles. The van der Waals surface area contributed by atoms with Crippen molar-refractivity contribution in [3.63, 3.8) is 0 Å². The molecule has 2 atom stereocenters. The van der Waals surface area contributed by atoms with E-state index < -0.39 is 53.1 Å². The van der Waals surface area contributed by atoms with Gasteiger partial charge in [0.1, 0.15) is 0 Å². The zero-order valence-electron chi connectivity index (χ0n) is 15.0. The normalized spacial score (nSPS) is 21.5. The first-order chi connectivity index (χ1) is 13.2. The van der Waals surface area contributed by atoms with E-state index in [1.807, 2.05) is 0 Å². The van der Waals surface area contributed by atoms with Crippen LogP contribution in [0.2, 0.25) is 0 Å². The molecule has 1 aliphatic rings. The Morgan fingerprint density at radius 2 is 1.66 bits per heavy atom. The van der Waals surface area contributed by atoms with E-state index in [0.29, 0.717) is 5.56 Å². The van der Waals surface area contributed by atoms with E-state index in [2.05, 4.69) is 15.4 Å². The van der Waals surface area contributed by atoms with Gasteiger partial charge in [-0.1, -0.05) is 46.9 Å². The van der Waals surface area contributed by atoms with Gasteiger partial charge in [0, 0.05) is 13.5 Å². The van der Waals surface area contributed by atoms with Gasteiger partial charge in [0.15, 0.2) is 9.84 Å². The maximum absolute atomic E-state index is 12.6. The van der Waals surface area contributed by atoms with Gasteiger partial charge in [-0.3, -0.25) is 9.59 Å². The Kier molecular flexibility index (Phi) is 7.45. The number of halogens is 3. The van der Waals surface area contributed by atoms with Gasteiger partial charge in [-0.15, -0.1) is 0 Å². The lowest BCUT2D eigenvalue weighted by Gasteiger charge is -2.22. The molecule has 2 amide bonds. The lowest BCUT2D eigenvalue weighted by Crippen LogP contribution is -2.53. The third-order valence-corrected chi connectivity index (χ3v) is 7.76. The summed E-state index contributed by atoms with van der Waals surface area (Å²) in [5.41, 5.74) is 0.676. The molecule has 0 radical (unpaired) electrons. The van der Waals surface area contributed by atoms with E-state index in [-0.39, 0.29) is 17.3 Å². The quantitative estimate of drug-likeness (QED) is 0.473. The van der Waals surface area contributed by atoms with Gasteiger partial charge in [0.2, 0.25) is 15.9 Å². The Labute approximate surface area is 183 Å². The molecule has 162 valence electrons. The number of hydrogen-bond acceptors (Lipinski definition) is 6. The number of amides is 2. The first-order valence-corrected chi connectivity index (χ1v) is 12.6. The number of rotatable bonds is 6. The van der Waals surface area contributed by atoms with Crippen molar-refractivity contribution in [1.82, 2.24) is 15.4 Å². The molecule has 0 saturated carbocycles. The summed E-state index contributed by atoms with van der Waals surface area (Å²) in [6, 6.07) is 3.42. The highest BCUT2D eigenvalue weighted by molar-refractivity contribution is 7.92. The smallest absolute Gasteiger partial charge is 0.272 e. The molecule has 1 aromatic rings. The largest absolute Gasteiger partial charge is 0.352 e. The highest BCUT2D eigenvalue weighted by Crippen LogP contribution is 2.27. The molecular formula is C15H18Cl3N3O6S2. The minimum Gasteiger partial charge on any atom is -0.352 e. The van der Waals surface area contributed by atoms with Gasteiger partial charge in [-0.25, -0.2) is 21.6 Å². The molecule has 9 nitrogen and oxygen atoms in total. The second-order valence-corrected chi connectivity index (χ2v) is 12.6. The van der Waals surface area contributed by atoms with Crippen molar-refractivity contribution in [2.24, 2.45) is 0 Å². The molecule has 1 heterocycles. The number of benzene rings is 1. The number of nitrogens with one attached hydrogen (secondary N) is 3. The molecule has 14 heteroatoms. The number of hydrogen-bond donors (Lipinski definition) is 3. The van der Waals surface area contributed by atoms with E-state index >= 15 is 0 Å². The fourth-order valence-corrected chi connectivity index (χ4v) is 6.04. The summed E-state index contributed by atoms with van der Waals surface area (Å²) in [6.07, 6.45) is 0. The maximum Gasteiger partial charge on any atom is 0.272 e. The third-order valence-electron chi connectivity index (χ3n) is 4.01. The SMILES string of the molecule is CC(=O)NCc1ccc(S(=O)(=O)N[C@@H]2CS(=O)(=O)C[C@@H]2NC(=O)C(Cl)(Cl)Cl)cc1. The average Bonchev–Trinajstić information content (AvgIpc) is 2.85. The van der Waals surface area contributed by atoms with Crippen LogP contribution in [0.1, 0.15) is 12.5 Å². The van der Waals surface area contributed by atoms with Crippen LogP contribution in [0.4, 0.5) is 0 Å². The van der Waals surface area contributed by atoms with Crippen LogP contribution in [0.25, 0.3) is 0 Å². The van der Waals surface area contributed by atoms with Gasteiger partial charge < -0.3 is 10.6 Å². The Bertz CT molecular complexity index is 991. The molecule has 1 aliphatic heterocycles. The fourth-order valence-electron chi connectivity index (χ4n) is 2.64. The highest BCUT2D eigenvalue weighted by Gasteiger charge is 2.43. The van der Waals surface area contributed by atoms with Crippen molar-refractivity contribution in [3.8, 4) is 0 Å². The highest BCUT2D eigenvalue weighted by atomic mass is 35.6. The summed E-state index contributed by atoms with van der Waals surface area (Å²) >= 11 is 16.4. The number of alkyl halides is 3. The van der Waals surface area contributed by atoms with Crippen molar-refractivity contribution in [2.45, 2.75) is 34.2 Å². The molecule has 0 unspecified atom stereocenters. The third kappa shape index (κ3) is 6.97. The molecule has 1 fully saturated rings. The van der Waals surface area contributed by atoms with Crippen molar-refractivity contribution in [3.05, 3.63) is 29.8 Å². The second kappa shape index (κ2) is 8.94. The molecule has 29 heavy (non-hydrogen) atoms. The Morgan fingerprint density at radius 3 is 2.17 bits per heavy atom. The van der Waals surface area contributed by atoms with Crippen LogP contribution < -0.4 is 15.4 Å². The van der Waals surface area contributed by atoms with Gasteiger partial charge in [0.25, 0.3) is 9.70 Å². The second-order valence-electron chi connectivity index (χ2n) is 6.44. The summed E-state index contributed by atoms with van der Waals surface area (Å²) in [4.78, 5) is 22.7. The number of carbonyl (C=O) groups is 2. The van der Waals surface area contributed by atoms with E-state index in [0.717, 1.165) is 0 Å². The Hall–Kier alpha value is -1.11. The first kappa shape index (κ1) is 24.2. The molecular weight excluding hydrogens is 489 g/mol. The Balaban J connectivity index is 2.16. The summed E-state index contributed by atoms with van der Waals surface area (Å²) in [6.45, 7) is 1.59. The van der Waals surface area contributed by atoms with E-state index in [1.54, 1.807) is 0 Å². The standard InChI is InChI=1S/C15H18Cl3N3O6S2/c1-9(22)19-6-10-2-4-11(5-3-10)29(26,27)21-13-8-28(24,25)7-12(13)20-14(23)15(16,17)18/h2-5,12-13,21H,6-8H2,1H3,(H,19,22)(H,20,23)/t12-,13+/m0/s1. The van der Waals surface area contributed by atoms with Crippen LogP contribution in [-0.4, -0.2) is 56.0 Å². The molecule has 0 spiro atoms. The first-order valence-electron chi connectivity index (χ1n) is 8.13. The monoisotopic (exact) mass is 505 g/mol. The lowest BCUT2D eigenvalue weighted by molar-refractivity contribution is -0.121. The molecule has 3 N–H and O–H groups in total. The van der Waals surface area contributed by atoms with E-state index in [1.165, 1.54) is 31.2 Å². The summed E-state index contributed by atoms with van der Waals surface area (Å²) in [5.74, 6) is -2.30. The van der Waals surface area contributed by atoms with E-state index in [9.17, 15) is 26.4 Å². The van der Waals surface area contributed by atoms with Gasteiger partial charge in [-0.2, -0.15) is 0 Å². The molecule has 2 rings (SSSR count). The molecule has 1 aromatic carbocycles. The summed E-state index contributed by atoms with van der Waals surface area (Å²) in [5, 5.41) is 4.83. The lowest BCUT2D eigenvalue weighted by atomic mass is 10.2. The maximum atomic E-state index is 12.6. The van der Waals surface area contributed by atoms with Crippen LogP contribution in [0, 0.1) is 0 Å². The Morgan fingerprint density at radius 1 is 1.10 bits per heavy atom. The predicted molar refractivity (Wildman–Crippen MR) is 109 cm³/mol. The van der Waals surface area contributed by atoms with Crippen LogP contribution in [0.15, 0.2) is 29.2 Å². The van der Waals surface area contributed by atoms with Crippen molar-refractivity contribution in [2.75, 3.05) is 11.5 Å². The van der Waals surface area contributed by atoms with Crippen LogP contribution in [-0.2, 0) is 36.0 Å². The minimum atomic E-state index is -4.10. The summed E-state index contributed by atoms with van der Waals surface area (Å²) in [7, 11) is -7.72. The van der Waals surface area contributed by atoms with Gasteiger partial charge >= 0.3 is 0 Å². The van der Waals surface area contributed by atoms with Crippen molar-refractivity contribution >= 4 is 66.5 Å². The number of sulfone groups is 1. The van der Waals surface area contributed by atoms with Gasteiger partial charge in [-0.05, 0) is 17.7 Å². The fraction of sp³-hybridized carbons (Fsp3) is 0.467. The molecule has 0 bridgehead atoms. The zero-order chi connectivity index (χ0) is 22.0. The van der Waals surface area contributed by atoms with Gasteiger partial charge in [0.05, 0.1) is 28.5 Å². The number of sulfonamides is 1. The predicted octanol–water partition coefficient (Wildman–Crippen LogP) is 0.253. The van der Waals surface area contributed by atoms with Crippen LogP contribution >= 0.6 is 34.8 Å². The molecule has 1 saturated heterocycles. The van der Waals surface area contributed by atoms with Crippen LogP contribution in [0.3, 0.4) is 0 Å². The topological polar surface area (TPSA) is 139 Å². The molecule has 0 aromatic heterocycles. The number of carbonyl (C=O) groups excluding carboxylic acids is 2. The minimum absolute atomic E-state index is 0.111. The van der Waals surface area contributed by atoms with Crippen LogP contribution in [0.5, 0.6) is 0 Å². The summed E-state index contributed by atoms with van der Waals surface area (Å²) < 4.78 is 49.2. The van der Waals surface area contributed by atoms with Crippen molar-refractivity contribution < 1.29 is 26.4 Å². The average molecular weight is 507 g/mol.